The molecule has 1 aliphatic rings. The highest BCUT2D eigenvalue weighted by Crippen LogP contribution is 2.30. The van der Waals surface area contributed by atoms with Gasteiger partial charge in [0.15, 0.2) is 0 Å². The summed E-state index contributed by atoms with van der Waals surface area (Å²) in [6.45, 7) is 8.80. The highest BCUT2D eigenvalue weighted by Gasteiger charge is 2.39. The standard InChI is InChI=1S/C12H23NO2/c1-9(2)8-13(10-6-7-10)11(14)12(3,4)15-5/h9-10H,6-8H2,1-5H3. The lowest BCUT2D eigenvalue weighted by Crippen LogP contribution is -2.48. The minimum Gasteiger partial charge on any atom is -0.369 e. The number of carbonyl (C=O) groups excluding carboxylic acids is 1. The fraction of sp³-hybridized carbons (Fsp3) is 0.917. The summed E-state index contributed by atoms with van der Waals surface area (Å²) >= 11 is 0. The zero-order valence-electron chi connectivity index (χ0n) is 10.5. The Morgan fingerprint density at radius 2 is 2.00 bits per heavy atom. The van der Waals surface area contributed by atoms with Gasteiger partial charge in [0.2, 0.25) is 0 Å². The normalized spacial score (nSPS) is 16.9. The number of rotatable bonds is 5. The molecule has 3 nitrogen and oxygen atoms in total. The van der Waals surface area contributed by atoms with Crippen molar-refractivity contribution in [2.75, 3.05) is 13.7 Å². The van der Waals surface area contributed by atoms with Crippen molar-refractivity contribution in [3.63, 3.8) is 0 Å². The molecule has 0 radical (unpaired) electrons. The van der Waals surface area contributed by atoms with E-state index < -0.39 is 5.60 Å². The van der Waals surface area contributed by atoms with E-state index in [0.717, 1.165) is 19.4 Å². The van der Waals surface area contributed by atoms with E-state index in [1.54, 1.807) is 7.11 Å². The summed E-state index contributed by atoms with van der Waals surface area (Å²) in [6, 6.07) is 0.467. The molecule has 1 aliphatic carbocycles. The minimum atomic E-state index is -0.683. The van der Waals surface area contributed by atoms with E-state index >= 15 is 0 Å². The molecule has 0 atom stereocenters. The molecule has 0 spiro atoms. The molecule has 0 saturated heterocycles. The Morgan fingerprint density at radius 3 is 2.33 bits per heavy atom. The maximum absolute atomic E-state index is 12.2. The Hall–Kier alpha value is -0.570. The molecule has 1 saturated carbocycles. The minimum absolute atomic E-state index is 0.126. The van der Waals surface area contributed by atoms with Crippen LogP contribution in [0, 0.1) is 5.92 Å². The number of nitrogens with zero attached hydrogens (tertiary/aromatic N) is 1. The summed E-state index contributed by atoms with van der Waals surface area (Å²) in [6.07, 6.45) is 2.30. The average molecular weight is 213 g/mol. The Morgan fingerprint density at radius 1 is 1.47 bits per heavy atom. The molecule has 0 heterocycles. The first-order valence-electron chi connectivity index (χ1n) is 5.74. The molecule has 0 aromatic rings. The lowest BCUT2D eigenvalue weighted by Gasteiger charge is -2.32. The van der Waals surface area contributed by atoms with Crippen LogP contribution in [0.4, 0.5) is 0 Å². The number of ether oxygens (including phenoxy) is 1. The molecular formula is C12H23NO2. The Balaban J connectivity index is 2.67. The molecular weight excluding hydrogens is 190 g/mol. The molecule has 3 heteroatoms. The molecule has 0 N–H and O–H groups in total. The fourth-order valence-electron chi connectivity index (χ4n) is 1.61. The van der Waals surface area contributed by atoms with Crippen LogP contribution in [-0.2, 0) is 9.53 Å². The van der Waals surface area contributed by atoms with Gasteiger partial charge in [0.05, 0.1) is 0 Å². The topological polar surface area (TPSA) is 29.5 Å². The number of hydrogen-bond donors (Lipinski definition) is 0. The number of hydrogen-bond acceptors (Lipinski definition) is 2. The third-order valence-electron chi connectivity index (χ3n) is 2.84. The molecule has 0 unspecified atom stereocenters. The number of amides is 1. The molecule has 0 bridgehead atoms. The average Bonchev–Trinajstić information content (AvgIpc) is 2.96. The van der Waals surface area contributed by atoms with Gasteiger partial charge < -0.3 is 9.64 Å². The Bertz CT molecular complexity index is 232. The second-order valence-corrected chi connectivity index (χ2v) is 5.30. The van der Waals surface area contributed by atoms with Crippen LogP contribution in [0.1, 0.15) is 40.5 Å². The van der Waals surface area contributed by atoms with Gasteiger partial charge in [0.25, 0.3) is 5.91 Å². The van der Waals surface area contributed by atoms with E-state index in [-0.39, 0.29) is 5.91 Å². The monoisotopic (exact) mass is 213 g/mol. The van der Waals surface area contributed by atoms with E-state index in [1.807, 2.05) is 18.7 Å². The highest BCUT2D eigenvalue weighted by molar-refractivity contribution is 5.85. The van der Waals surface area contributed by atoms with Crippen molar-refractivity contribution in [3.8, 4) is 0 Å². The van der Waals surface area contributed by atoms with Gasteiger partial charge in [-0.15, -0.1) is 0 Å². The maximum Gasteiger partial charge on any atom is 0.254 e. The van der Waals surface area contributed by atoms with E-state index in [0.29, 0.717) is 12.0 Å². The Labute approximate surface area is 92.8 Å². The van der Waals surface area contributed by atoms with Crippen LogP contribution in [0.25, 0.3) is 0 Å². The summed E-state index contributed by atoms with van der Waals surface area (Å²) in [4.78, 5) is 14.2. The van der Waals surface area contributed by atoms with Crippen LogP contribution in [0.5, 0.6) is 0 Å². The van der Waals surface area contributed by atoms with Crippen LogP contribution in [0.2, 0.25) is 0 Å². The van der Waals surface area contributed by atoms with Crippen LogP contribution in [0.3, 0.4) is 0 Å². The lowest BCUT2D eigenvalue weighted by molar-refractivity contribution is -0.152. The van der Waals surface area contributed by atoms with Crippen molar-refractivity contribution in [2.24, 2.45) is 5.92 Å². The number of methoxy groups -OCH3 is 1. The summed E-state index contributed by atoms with van der Waals surface area (Å²) in [7, 11) is 1.60. The molecule has 15 heavy (non-hydrogen) atoms. The van der Waals surface area contributed by atoms with E-state index in [9.17, 15) is 4.79 Å². The first-order chi connectivity index (χ1) is 6.88. The molecule has 1 rings (SSSR count). The number of carbonyl (C=O) groups is 1. The molecule has 0 aliphatic heterocycles. The van der Waals surface area contributed by atoms with Crippen molar-refractivity contribution < 1.29 is 9.53 Å². The quantitative estimate of drug-likeness (QED) is 0.699. The van der Waals surface area contributed by atoms with Gasteiger partial charge in [-0.05, 0) is 32.6 Å². The zero-order chi connectivity index (χ0) is 11.6. The van der Waals surface area contributed by atoms with Crippen molar-refractivity contribution in [1.82, 2.24) is 4.90 Å². The van der Waals surface area contributed by atoms with Crippen molar-refractivity contribution in [3.05, 3.63) is 0 Å². The van der Waals surface area contributed by atoms with Gasteiger partial charge in [-0.3, -0.25) is 4.79 Å². The first kappa shape index (κ1) is 12.5. The smallest absolute Gasteiger partial charge is 0.254 e. The van der Waals surface area contributed by atoms with Gasteiger partial charge in [0, 0.05) is 19.7 Å². The second kappa shape index (κ2) is 4.52. The molecule has 1 fully saturated rings. The maximum atomic E-state index is 12.2. The summed E-state index contributed by atoms with van der Waals surface area (Å²) in [5, 5.41) is 0. The fourth-order valence-corrected chi connectivity index (χ4v) is 1.61. The van der Waals surface area contributed by atoms with Crippen molar-refractivity contribution in [1.29, 1.82) is 0 Å². The van der Waals surface area contributed by atoms with Crippen LogP contribution < -0.4 is 0 Å². The van der Waals surface area contributed by atoms with Crippen molar-refractivity contribution >= 4 is 5.91 Å². The first-order valence-corrected chi connectivity index (χ1v) is 5.74. The summed E-state index contributed by atoms with van der Waals surface area (Å²) < 4.78 is 5.25. The van der Waals surface area contributed by atoms with Crippen LogP contribution in [-0.4, -0.2) is 36.1 Å². The SMILES string of the molecule is COC(C)(C)C(=O)N(CC(C)C)C1CC1. The lowest BCUT2D eigenvalue weighted by atomic mass is 10.1. The van der Waals surface area contributed by atoms with Gasteiger partial charge in [0.1, 0.15) is 5.60 Å². The van der Waals surface area contributed by atoms with E-state index in [2.05, 4.69) is 13.8 Å². The predicted molar refractivity (Wildman–Crippen MR) is 60.7 cm³/mol. The molecule has 0 aromatic carbocycles. The second-order valence-electron chi connectivity index (χ2n) is 5.30. The molecule has 88 valence electrons. The van der Waals surface area contributed by atoms with E-state index in [4.69, 9.17) is 4.74 Å². The van der Waals surface area contributed by atoms with Crippen LogP contribution >= 0.6 is 0 Å². The molecule has 1 amide bonds. The molecule has 0 aromatic heterocycles. The van der Waals surface area contributed by atoms with Crippen molar-refractivity contribution in [2.45, 2.75) is 52.2 Å². The zero-order valence-corrected chi connectivity index (χ0v) is 10.5. The third kappa shape index (κ3) is 3.20. The summed E-state index contributed by atoms with van der Waals surface area (Å²) in [5.74, 6) is 0.642. The summed E-state index contributed by atoms with van der Waals surface area (Å²) in [5.41, 5.74) is -0.683. The van der Waals surface area contributed by atoms with E-state index in [1.165, 1.54) is 0 Å². The van der Waals surface area contributed by atoms with Gasteiger partial charge in [-0.1, -0.05) is 13.8 Å². The Kier molecular flexibility index (Phi) is 3.77. The highest BCUT2D eigenvalue weighted by atomic mass is 16.5. The van der Waals surface area contributed by atoms with Crippen LogP contribution in [0.15, 0.2) is 0 Å². The van der Waals surface area contributed by atoms with Gasteiger partial charge in [-0.25, -0.2) is 0 Å². The third-order valence-corrected chi connectivity index (χ3v) is 2.84. The largest absolute Gasteiger partial charge is 0.369 e. The van der Waals surface area contributed by atoms with Gasteiger partial charge >= 0.3 is 0 Å². The predicted octanol–water partition coefficient (Wildman–Crippen LogP) is 2.06. The van der Waals surface area contributed by atoms with Gasteiger partial charge in [-0.2, -0.15) is 0 Å².